The number of aliphatic hydroxyl groups is 1. The number of amides is 2. The molecule has 10 heteroatoms. The Morgan fingerprint density at radius 2 is 2.14 bits per heavy atom. The number of likely N-dealkylation sites (tertiary alicyclic amines) is 1. The smallest absolute Gasteiger partial charge is 0.312 e. The van der Waals surface area contributed by atoms with Gasteiger partial charge in [-0.3, -0.25) is 14.4 Å². The number of benzene rings is 1. The van der Waals surface area contributed by atoms with E-state index in [4.69, 9.17) is 21.1 Å². The van der Waals surface area contributed by atoms with Crippen LogP contribution in [0.4, 0.5) is 5.69 Å². The van der Waals surface area contributed by atoms with Gasteiger partial charge in [-0.15, -0.1) is 13.2 Å². The van der Waals surface area contributed by atoms with Gasteiger partial charge in [0.05, 0.1) is 35.3 Å². The second-order valence-corrected chi connectivity index (χ2v) is 11.2. The van der Waals surface area contributed by atoms with Crippen molar-refractivity contribution in [1.82, 2.24) is 4.90 Å². The number of fused-ring (bicyclic) bond motifs is 1. The number of hydrogen-bond donors (Lipinski definition) is 1. The Hall–Kier alpha value is -2.20. The van der Waals surface area contributed by atoms with Crippen molar-refractivity contribution < 1.29 is 29.0 Å². The van der Waals surface area contributed by atoms with E-state index in [-0.39, 0.29) is 49.4 Å². The molecule has 3 heterocycles. The Morgan fingerprint density at radius 1 is 1.38 bits per heavy atom. The highest BCUT2D eigenvalue weighted by Gasteiger charge is 2.77. The molecule has 3 aliphatic rings. The van der Waals surface area contributed by atoms with E-state index in [9.17, 15) is 19.5 Å². The third-order valence-corrected chi connectivity index (χ3v) is 8.60. The second kappa shape index (κ2) is 11.3. The van der Waals surface area contributed by atoms with Crippen LogP contribution in [-0.4, -0.2) is 76.7 Å². The molecule has 1 spiro atoms. The lowest BCUT2D eigenvalue weighted by Gasteiger charge is -2.37. The van der Waals surface area contributed by atoms with E-state index in [1.807, 2.05) is 13.0 Å². The molecule has 8 nitrogen and oxygen atoms in total. The van der Waals surface area contributed by atoms with Gasteiger partial charge in [0.1, 0.15) is 11.6 Å². The highest BCUT2D eigenvalue weighted by atomic mass is 79.9. The van der Waals surface area contributed by atoms with Crippen LogP contribution in [0.2, 0.25) is 5.02 Å². The van der Waals surface area contributed by atoms with Gasteiger partial charge in [0.2, 0.25) is 5.91 Å². The molecule has 3 saturated heterocycles. The summed E-state index contributed by atoms with van der Waals surface area (Å²) in [6.07, 6.45) is 3.79. The lowest BCUT2D eigenvalue weighted by atomic mass is 9.70. The topological polar surface area (TPSA) is 96.4 Å². The summed E-state index contributed by atoms with van der Waals surface area (Å²) in [6.45, 7) is 9.63. The first-order chi connectivity index (χ1) is 17.7. The van der Waals surface area contributed by atoms with E-state index in [2.05, 4.69) is 29.1 Å². The van der Waals surface area contributed by atoms with Crippen LogP contribution in [0.1, 0.15) is 24.8 Å². The van der Waals surface area contributed by atoms with E-state index in [1.165, 1.54) is 9.80 Å². The highest BCUT2D eigenvalue weighted by Crippen LogP contribution is 2.60. The van der Waals surface area contributed by atoms with E-state index in [0.29, 0.717) is 23.6 Å². The zero-order chi connectivity index (χ0) is 26.9. The van der Waals surface area contributed by atoms with Crippen molar-refractivity contribution in [1.29, 1.82) is 0 Å². The fourth-order valence-electron chi connectivity index (χ4n) is 6.03. The molecule has 3 unspecified atom stereocenters. The van der Waals surface area contributed by atoms with Crippen LogP contribution in [0.3, 0.4) is 0 Å². The first-order valence-corrected chi connectivity index (χ1v) is 13.7. The summed E-state index contributed by atoms with van der Waals surface area (Å²) in [6, 6.07) is 4.36. The van der Waals surface area contributed by atoms with Crippen molar-refractivity contribution in [3.63, 3.8) is 0 Å². The molecular formula is C27H32BrClN2O6. The Morgan fingerprint density at radius 3 is 2.78 bits per heavy atom. The Kier molecular flexibility index (Phi) is 8.48. The number of anilines is 1. The molecule has 1 aromatic carbocycles. The summed E-state index contributed by atoms with van der Waals surface area (Å²) < 4.78 is 11.9. The van der Waals surface area contributed by atoms with Gasteiger partial charge in [0.15, 0.2) is 0 Å². The van der Waals surface area contributed by atoms with Crippen LogP contribution in [-0.2, 0) is 23.9 Å². The van der Waals surface area contributed by atoms with E-state index in [0.717, 1.165) is 5.56 Å². The van der Waals surface area contributed by atoms with Crippen LogP contribution >= 0.6 is 27.5 Å². The molecule has 2 amide bonds. The van der Waals surface area contributed by atoms with Crippen LogP contribution in [0.15, 0.2) is 43.5 Å². The lowest BCUT2D eigenvalue weighted by Crippen LogP contribution is -2.57. The van der Waals surface area contributed by atoms with Gasteiger partial charge in [-0.2, -0.15) is 0 Å². The number of alkyl halides is 1. The molecule has 3 aliphatic heterocycles. The number of esters is 1. The van der Waals surface area contributed by atoms with Crippen LogP contribution in [0.25, 0.3) is 0 Å². The molecule has 0 aliphatic carbocycles. The van der Waals surface area contributed by atoms with Gasteiger partial charge >= 0.3 is 5.97 Å². The van der Waals surface area contributed by atoms with E-state index >= 15 is 0 Å². The summed E-state index contributed by atoms with van der Waals surface area (Å²) in [5.41, 5.74) is 0.104. The number of halogens is 2. The maximum atomic E-state index is 14.4. The summed E-state index contributed by atoms with van der Waals surface area (Å²) in [4.78, 5) is 44.3. The molecular weight excluding hydrogens is 564 g/mol. The molecule has 2 bridgehead atoms. The summed E-state index contributed by atoms with van der Waals surface area (Å²) in [7, 11) is 0. The maximum absolute atomic E-state index is 14.4. The number of rotatable bonds is 11. The average molecular weight is 596 g/mol. The predicted octanol–water partition coefficient (Wildman–Crippen LogP) is 3.42. The van der Waals surface area contributed by atoms with Gasteiger partial charge in [-0.25, -0.2) is 0 Å². The zero-order valence-corrected chi connectivity index (χ0v) is 23.1. The summed E-state index contributed by atoms with van der Waals surface area (Å²) in [5, 5.41) is 9.93. The quantitative estimate of drug-likeness (QED) is 0.182. The number of carbonyl (C=O) groups excluding carboxylic acids is 3. The fraction of sp³-hybridized carbons (Fsp3) is 0.519. The SMILES string of the molecule is C=CCCOC(=O)[C@H]1[C@H]2C(=O)N(CCCO)C(C(=O)N(CC=C)c3c(C)cccc3Cl)C23CC(Br)[C@@H]1O3. The predicted molar refractivity (Wildman–Crippen MR) is 144 cm³/mol. The molecule has 200 valence electrons. The molecule has 37 heavy (non-hydrogen) atoms. The molecule has 0 aromatic heterocycles. The normalized spacial score (nSPS) is 29.8. The number of aliphatic hydroxyl groups excluding tert-OH is 1. The van der Waals surface area contributed by atoms with Crippen molar-refractivity contribution in [2.45, 2.75) is 48.8 Å². The fourth-order valence-corrected chi connectivity index (χ4v) is 7.30. The Balaban J connectivity index is 1.78. The third kappa shape index (κ3) is 4.64. The lowest BCUT2D eigenvalue weighted by molar-refractivity contribution is -0.154. The Labute approximate surface area is 230 Å². The van der Waals surface area contributed by atoms with Crippen LogP contribution in [0.5, 0.6) is 0 Å². The summed E-state index contributed by atoms with van der Waals surface area (Å²) >= 11 is 10.2. The van der Waals surface area contributed by atoms with Crippen LogP contribution in [0, 0.1) is 18.8 Å². The largest absolute Gasteiger partial charge is 0.465 e. The molecule has 1 aromatic rings. The van der Waals surface area contributed by atoms with Gasteiger partial charge in [0.25, 0.3) is 5.91 Å². The second-order valence-electron chi connectivity index (χ2n) is 9.66. The standard InChI is InChI=1S/C27H32BrClN2O6/c1-4-6-14-36-26(35)19-20-24(33)31(12-8-13-32)23(27(20)15-17(28)22(19)37-27)25(34)30(11-5-2)21-16(3)9-7-10-18(21)29/h4-5,7,9-10,17,19-20,22-23,32H,1-2,6,8,11-15H2,3H3/t17?,19-,20-,22-,23?,27?/m0/s1. The summed E-state index contributed by atoms with van der Waals surface area (Å²) in [5.74, 6) is -2.94. The first kappa shape index (κ1) is 27.8. The van der Waals surface area contributed by atoms with Gasteiger partial charge < -0.3 is 24.4 Å². The maximum Gasteiger partial charge on any atom is 0.312 e. The van der Waals surface area contributed by atoms with Crippen molar-refractivity contribution in [3.05, 3.63) is 54.1 Å². The molecule has 0 saturated carbocycles. The minimum absolute atomic E-state index is 0.145. The van der Waals surface area contributed by atoms with E-state index < -0.39 is 35.6 Å². The third-order valence-electron chi connectivity index (χ3n) is 7.45. The molecule has 1 N–H and O–H groups in total. The molecule has 4 rings (SSSR count). The monoisotopic (exact) mass is 594 g/mol. The van der Waals surface area contributed by atoms with Crippen LogP contribution < -0.4 is 4.90 Å². The van der Waals surface area contributed by atoms with Crippen molar-refractivity contribution in [2.24, 2.45) is 11.8 Å². The van der Waals surface area contributed by atoms with Gasteiger partial charge in [-0.05, 0) is 37.8 Å². The number of hydrogen-bond acceptors (Lipinski definition) is 6. The molecule has 3 fully saturated rings. The minimum atomic E-state index is -1.22. The highest BCUT2D eigenvalue weighted by molar-refractivity contribution is 9.09. The zero-order valence-electron chi connectivity index (χ0n) is 20.8. The first-order valence-electron chi connectivity index (χ1n) is 12.4. The Bertz CT molecular complexity index is 1080. The van der Waals surface area contributed by atoms with Crippen molar-refractivity contribution in [2.75, 3.05) is 31.2 Å². The molecule has 0 radical (unpaired) electrons. The number of para-hydroxylation sites is 1. The molecule has 6 atom stereocenters. The van der Waals surface area contributed by atoms with Gasteiger partial charge in [-0.1, -0.05) is 51.8 Å². The van der Waals surface area contributed by atoms with Gasteiger partial charge in [0, 0.05) is 24.5 Å². The number of aryl methyl sites for hydroxylation is 1. The number of ether oxygens (including phenoxy) is 2. The van der Waals surface area contributed by atoms with E-state index in [1.54, 1.807) is 24.3 Å². The van der Waals surface area contributed by atoms with Crippen molar-refractivity contribution >= 4 is 51.0 Å². The van der Waals surface area contributed by atoms with Crippen molar-refractivity contribution in [3.8, 4) is 0 Å². The minimum Gasteiger partial charge on any atom is -0.465 e. The number of carbonyl (C=O) groups is 3. The average Bonchev–Trinajstić information content (AvgIpc) is 3.45. The number of nitrogens with zero attached hydrogens (tertiary/aromatic N) is 2.